The second-order valence-corrected chi connectivity index (χ2v) is 8.40. The number of ether oxygens (including phenoxy) is 1. The smallest absolute Gasteiger partial charge is 0.423 e. The summed E-state index contributed by atoms with van der Waals surface area (Å²) in [6, 6.07) is 7.26. The molecule has 2 aliphatic rings. The second-order valence-electron chi connectivity index (χ2n) is 8.40. The first-order valence-corrected chi connectivity index (χ1v) is 10.2. The van der Waals surface area contributed by atoms with Gasteiger partial charge in [0.25, 0.3) is 5.91 Å². The summed E-state index contributed by atoms with van der Waals surface area (Å²) >= 11 is 0. The first-order chi connectivity index (χ1) is 14.7. The van der Waals surface area contributed by atoms with Gasteiger partial charge in [-0.25, -0.2) is 0 Å². The van der Waals surface area contributed by atoms with E-state index in [-0.39, 0.29) is 30.3 Å². The molecule has 1 amide bonds. The summed E-state index contributed by atoms with van der Waals surface area (Å²) in [7, 11) is 1.58. The number of rotatable bonds is 5. The quantitative estimate of drug-likeness (QED) is 0.770. The zero-order chi connectivity index (χ0) is 22.4. The highest BCUT2D eigenvalue weighted by Gasteiger charge is 2.57. The number of aromatic nitrogens is 2. The van der Waals surface area contributed by atoms with Crippen molar-refractivity contribution in [3.63, 3.8) is 0 Å². The monoisotopic (exact) mass is 439 g/mol. The largest absolute Gasteiger partial charge is 0.497 e. The van der Waals surface area contributed by atoms with Gasteiger partial charge in [0.05, 0.1) is 12.5 Å². The van der Waals surface area contributed by atoms with E-state index >= 15 is 0 Å². The minimum Gasteiger partial charge on any atom is -0.497 e. The van der Waals surface area contributed by atoms with Crippen LogP contribution in [0.1, 0.15) is 32.1 Å². The lowest BCUT2D eigenvalue weighted by molar-refractivity contribution is -0.211. The topological polar surface area (TPSA) is 88.7 Å². The van der Waals surface area contributed by atoms with Gasteiger partial charge in [0.15, 0.2) is 0 Å². The molecule has 31 heavy (non-hydrogen) atoms. The number of methoxy groups -OCH3 is 1. The number of piperidine rings is 1. The van der Waals surface area contributed by atoms with Gasteiger partial charge < -0.3 is 19.2 Å². The fraction of sp³-hybridized carbons (Fsp3) is 0.571. The predicted octanol–water partition coefficient (Wildman–Crippen LogP) is 3.18. The molecule has 7 nitrogen and oxygen atoms in total. The molecule has 1 aliphatic heterocycles. The number of alkyl halides is 3. The molecule has 10 heteroatoms. The van der Waals surface area contributed by atoms with Gasteiger partial charge in [0, 0.05) is 18.7 Å². The van der Waals surface area contributed by atoms with Gasteiger partial charge in [-0.2, -0.15) is 13.2 Å². The fourth-order valence-electron chi connectivity index (χ4n) is 4.63. The highest BCUT2D eigenvalue weighted by Crippen LogP contribution is 2.57. The third-order valence-electron chi connectivity index (χ3n) is 6.45. The van der Waals surface area contributed by atoms with Gasteiger partial charge in [-0.05, 0) is 55.4 Å². The summed E-state index contributed by atoms with van der Waals surface area (Å²) in [6.45, 7) is 2.21. The molecule has 1 saturated carbocycles. The molecule has 0 radical (unpaired) electrons. The Morgan fingerprint density at radius 1 is 1.29 bits per heavy atom. The molecule has 168 valence electrons. The van der Waals surface area contributed by atoms with Gasteiger partial charge in [0.1, 0.15) is 5.75 Å². The van der Waals surface area contributed by atoms with Crippen molar-refractivity contribution in [1.82, 2.24) is 15.1 Å². The minimum atomic E-state index is -4.96. The van der Waals surface area contributed by atoms with Crippen molar-refractivity contribution in [2.24, 2.45) is 11.8 Å². The van der Waals surface area contributed by atoms with Crippen LogP contribution in [0.25, 0.3) is 11.5 Å². The summed E-state index contributed by atoms with van der Waals surface area (Å²) in [6.07, 6.45) is -5.72. The van der Waals surface area contributed by atoms with Crippen molar-refractivity contribution in [3.05, 3.63) is 30.2 Å². The maximum Gasteiger partial charge on any atom is 0.423 e. The molecule has 2 fully saturated rings. The number of likely N-dealkylation sites (tertiary alicyclic amines) is 1. The average Bonchev–Trinajstić information content (AvgIpc) is 3.40. The number of aliphatic hydroxyl groups excluding tert-OH is 1. The lowest BCUT2D eigenvalue weighted by Crippen LogP contribution is -2.52. The Morgan fingerprint density at radius 2 is 1.97 bits per heavy atom. The highest BCUT2D eigenvalue weighted by atomic mass is 19.4. The van der Waals surface area contributed by atoms with E-state index in [0.29, 0.717) is 24.0 Å². The molecule has 4 rings (SSSR count). The zero-order valence-electron chi connectivity index (χ0n) is 17.2. The lowest BCUT2D eigenvalue weighted by Gasteiger charge is -2.40. The number of hydrogen-bond donors (Lipinski definition) is 1. The van der Waals surface area contributed by atoms with E-state index in [2.05, 4.69) is 10.2 Å². The first-order valence-electron chi connectivity index (χ1n) is 10.2. The van der Waals surface area contributed by atoms with E-state index in [1.807, 2.05) is 19.1 Å². The lowest BCUT2D eigenvalue weighted by atomic mass is 9.75. The fourth-order valence-corrected chi connectivity index (χ4v) is 4.63. The number of benzene rings is 1. The summed E-state index contributed by atoms with van der Waals surface area (Å²) in [4.78, 5) is 13.1. The third kappa shape index (κ3) is 4.00. The number of halogens is 3. The molecule has 1 aromatic carbocycles. The van der Waals surface area contributed by atoms with E-state index in [4.69, 9.17) is 9.15 Å². The van der Waals surface area contributed by atoms with Crippen LogP contribution in [0.4, 0.5) is 13.2 Å². The number of nitrogens with zero attached hydrogens (tertiary/aromatic N) is 3. The third-order valence-corrected chi connectivity index (χ3v) is 6.45. The van der Waals surface area contributed by atoms with Crippen molar-refractivity contribution >= 4 is 5.91 Å². The van der Waals surface area contributed by atoms with Crippen LogP contribution in [0.3, 0.4) is 0 Å². The molecule has 0 spiro atoms. The van der Waals surface area contributed by atoms with E-state index < -0.39 is 18.2 Å². The molecule has 2 heterocycles. The maximum absolute atomic E-state index is 12.7. The molecule has 1 aromatic heterocycles. The Morgan fingerprint density at radius 3 is 2.52 bits per heavy atom. The summed E-state index contributed by atoms with van der Waals surface area (Å²) in [5.74, 6) is 0.388. The average molecular weight is 439 g/mol. The SMILES string of the molecule is COc1ccc(-c2nnc(C3(C4CCN(C(=O)[C@@H](O)C(F)(F)F)CC4C)CC3)o2)cc1. The summed E-state index contributed by atoms with van der Waals surface area (Å²) < 4.78 is 49.3. The highest BCUT2D eigenvalue weighted by molar-refractivity contribution is 5.81. The maximum atomic E-state index is 12.7. The minimum absolute atomic E-state index is 0.0722. The van der Waals surface area contributed by atoms with Crippen LogP contribution < -0.4 is 4.74 Å². The Bertz CT molecular complexity index is 940. The Hall–Kier alpha value is -2.62. The van der Waals surface area contributed by atoms with Gasteiger partial charge in [0.2, 0.25) is 17.9 Å². The zero-order valence-corrected chi connectivity index (χ0v) is 17.2. The number of carbonyl (C=O) groups is 1. The van der Waals surface area contributed by atoms with E-state index in [1.165, 1.54) is 0 Å². The van der Waals surface area contributed by atoms with Crippen LogP contribution in [0, 0.1) is 11.8 Å². The van der Waals surface area contributed by atoms with Crippen LogP contribution >= 0.6 is 0 Å². The number of hydrogen-bond acceptors (Lipinski definition) is 6. The Balaban J connectivity index is 1.47. The van der Waals surface area contributed by atoms with Crippen molar-refractivity contribution in [3.8, 4) is 17.2 Å². The van der Waals surface area contributed by atoms with Gasteiger partial charge in [-0.1, -0.05) is 6.92 Å². The molecule has 1 saturated heterocycles. The van der Waals surface area contributed by atoms with E-state index in [1.54, 1.807) is 19.2 Å². The van der Waals surface area contributed by atoms with Crippen LogP contribution in [-0.2, 0) is 10.2 Å². The number of carbonyl (C=O) groups excluding carboxylic acids is 1. The number of amides is 1. The van der Waals surface area contributed by atoms with E-state index in [0.717, 1.165) is 23.3 Å². The number of aliphatic hydroxyl groups is 1. The normalized spacial score (nSPS) is 24.0. The molecule has 3 atom stereocenters. The Labute approximate surface area is 177 Å². The van der Waals surface area contributed by atoms with Crippen molar-refractivity contribution in [2.75, 3.05) is 20.2 Å². The standard InChI is InChI=1S/C21H24F3N3O4/c1-12-11-27(18(29)16(28)21(22,23)24)10-7-15(12)20(8-9-20)19-26-25-17(31-19)13-3-5-14(30-2)6-4-13/h3-6,12,15-16,28H,7-11H2,1-2H3/t12?,15?,16-/m1/s1. The van der Waals surface area contributed by atoms with Crippen LogP contribution in [-0.4, -0.2) is 58.6 Å². The van der Waals surface area contributed by atoms with Crippen molar-refractivity contribution in [1.29, 1.82) is 0 Å². The summed E-state index contributed by atoms with van der Waals surface area (Å²) in [5.41, 5.74) is 0.458. The van der Waals surface area contributed by atoms with Gasteiger partial charge in [-0.3, -0.25) is 4.79 Å². The Kier molecular flexibility index (Phi) is 5.45. The predicted molar refractivity (Wildman–Crippen MR) is 103 cm³/mol. The second kappa shape index (κ2) is 7.81. The van der Waals surface area contributed by atoms with Gasteiger partial charge >= 0.3 is 6.18 Å². The van der Waals surface area contributed by atoms with Crippen LogP contribution in [0.5, 0.6) is 5.75 Å². The molecule has 1 N–H and O–H groups in total. The van der Waals surface area contributed by atoms with Crippen molar-refractivity contribution < 1.29 is 32.2 Å². The van der Waals surface area contributed by atoms with Gasteiger partial charge in [-0.15, -0.1) is 10.2 Å². The first kappa shape index (κ1) is 21.6. The van der Waals surface area contributed by atoms with E-state index in [9.17, 15) is 23.1 Å². The molecule has 2 unspecified atom stereocenters. The van der Waals surface area contributed by atoms with Crippen LogP contribution in [0.2, 0.25) is 0 Å². The summed E-state index contributed by atoms with van der Waals surface area (Å²) in [5, 5.41) is 17.8. The molecule has 1 aliphatic carbocycles. The molecule has 2 aromatic rings. The van der Waals surface area contributed by atoms with Crippen molar-refractivity contribution in [2.45, 2.75) is 43.9 Å². The van der Waals surface area contributed by atoms with Crippen LogP contribution in [0.15, 0.2) is 28.7 Å². The molecule has 0 bridgehead atoms. The molecular formula is C21H24F3N3O4. The molecular weight excluding hydrogens is 415 g/mol.